The highest BCUT2D eigenvalue weighted by atomic mass is 16.7. The van der Waals surface area contributed by atoms with Gasteiger partial charge < -0.3 is 24.5 Å². The summed E-state index contributed by atoms with van der Waals surface area (Å²) in [6.45, 7) is 2.75. The summed E-state index contributed by atoms with van der Waals surface area (Å²) >= 11 is 0. The number of aliphatic hydroxyl groups is 1. The maximum Gasteiger partial charge on any atom is 0.257 e. The molecule has 6 rings (SSSR count). The van der Waals surface area contributed by atoms with Crippen molar-refractivity contribution in [2.24, 2.45) is 5.92 Å². The van der Waals surface area contributed by atoms with Crippen LogP contribution in [0.5, 0.6) is 0 Å². The molecule has 1 aliphatic heterocycles. The summed E-state index contributed by atoms with van der Waals surface area (Å²) in [5.74, 6) is -0.186. The average molecular weight is 535 g/mol. The summed E-state index contributed by atoms with van der Waals surface area (Å²) < 4.78 is 15.3. The molecule has 0 saturated carbocycles. The van der Waals surface area contributed by atoms with Crippen molar-refractivity contribution in [3.63, 3.8) is 0 Å². The van der Waals surface area contributed by atoms with E-state index in [2.05, 4.69) is 32.8 Å². The zero-order chi connectivity index (χ0) is 27.5. The molecule has 2 N–H and O–H groups in total. The Morgan fingerprint density at radius 3 is 2.48 bits per heavy atom. The minimum atomic E-state index is -0.610. The number of aromatic nitrogens is 3. The molecular weight excluding hydrogens is 504 g/mol. The van der Waals surface area contributed by atoms with E-state index in [9.17, 15) is 9.90 Å². The number of carbonyl (C=O) groups is 1. The van der Waals surface area contributed by atoms with Gasteiger partial charge in [-0.2, -0.15) is 0 Å². The van der Waals surface area contributed by atoms with Gasteiger partial charge in [0.1, 0.15) is 0 Å². The molecule has 3 aromatic carbocycles. The van der Waals surface area contributed by atoms with Crippen LogP contribution in [-0.4, -0.2) is 31.7 Å². The second-order valence-electron chi connectivity index (χ2n) is 10.0. The van der Waals surface area contributed by atoms with Gasteiger partial charge in [0, 0.05) is 29.6 Å². The highest BCUT2D eigenvalue weighted by molar-refractivity contribution is 6.04. The molecule has 0 spiro atoms. The minimum Gasteiger partial charge on any atom is -0.392 e. The summed E-state index contributed by atoms with van der Waals surface area (Å²) in [5, 5.41) is 12.4. The Morgan fingerprint density at radius 1 is 0.950 bits per heavy atom. The largest absolute Gasteiger partial charge is 0.392 e. The van der Waals surface area contributed by atoms with Crippen molar-refractivity contribution in [1.82, 2.24) is 14.5 Å². The molecule has 0 aliphatic carbocycles. The summed E-state index contributed by atoms with van der Waals surface area (Å²) in [5.41, 5.74) is 5.88. The molecule has 5 aromatic rings. The van der Waals surface area contributed by atoms with Crippen LogP contribution in [0, 0.1) is 5.92 Å². The zero-order valence-electron chi connectivity index (χ0n) is 22.1. The van der Waals surface area contributed by atoms with E-state index in [1.165, 1.54) is 6.20 Å². The van der Waals surface area contributed by atoms with Crippen LogP contribution in [-0.2, 0) is 22.6 Å². The first-order chi connectivity index (χ1) is 19.6. The Hall–Kier alpha value is -4.37. The van der Waals surface area contributed by atoms with E-state index in [1.807, 2.05) is 73.1 Å². The van der Waals surface area contributed by atoms with E-state index in [4.69, 9.17) is 9.47 Å². The smallest absolute Gasteiger partial charge is 0.257 e. The van der Waals surface area contributed by atoms with Crippen molar-refractivity contribution in [2.75, 3.05) is 5.32 Å². The number of aliphatic hydroxyl groups excluding tert-OH is 1. The van der Waals surface area contributed by atoms with Crippen molar-refractivity contribution >= 4 is 22.6 Å². The number of nitrogens with one attached hydrogen (secondary N) is 1. The number of hydrogen-bond donors (Lipinski definition) is 2. The fourth-order valence-electron chi connectivity index (χ4n) is 5.10. The average Bonchev–Trinajstić information content (AvgIpc) is 3.42. The summed E-state index contributed by atoms with van der Waals surface area (Å²) in [6, 6.07) is 26.9. The van der Waals surface area contributed by atoms with E-state index < -0.39 is 6.29 Å². The van der Waals surface area contributed by atoms with Crippen molar-refractivity contribution < 1.29 is 19.4 Å². The van der Waals surface area contributed by atoms with Crippen molar-refractivity contribution in [1.29, 1.82) is 0 Å². The van der Waals surface area contributed by atoms with Crippen LogP contribution in [0.25, 0.3) is 11.0 Å². The second kappa shape index (κ2) is 11.4. The van der Waals surface area contributed by atoms with Gasteiger partial charge in [0.2, 0.25) is 0 Å². The number of amides is 1. The summed E-state index contributed by atoms with van der Waals surface area (Å²) in [4.78, 5) is 21.1. The number of fused-ring (bicyclic) bond motifs is 1. The summed E-state index contributed by atoms with van der Waals surface area (Å²) in [7, 11) is 0. The lowest BCUT2D eigenvalue weighted by Crippen LogP contribution is -2.39. The maximum atomic E-state index is 12.5. The molecule has 0 radical (unpaired) electrons. The van der Waals surface area contributed by atoms with Crippen LogP contribution in [0.15, 0.2) is 104 Å². The number of imidazole rings is 1. The standard InChI is InChI=1S/C32H30N4O4/c1-21-29(18-36-20-34-27-6-2-3-7-28(27)36)39-32(40-30(21)23-10-8-22(19-37)9-11-23)24-12-14-26(15-13-24)35-31(38)25-5-4-16-33-17-25/h2-17,20-21,29-30,32,37H,18-19H2,1H3,(H,35,38)/t21-,29+,30+,32+/m0/s1. The van der Waals surface area contributed by atoms with Crippen LogP contribution >= 0.6 is 0 Å². The van der Waals surface area contributed by atoms with Gasteiger partial charge in [-0.3, -0.25) is 9.78 Å². The van der Waals surface area contributed by atoms with E-state index in [0.717, 1.165) is 27.7 Å². The first-order valence-corrected chi connectivity index (χ1v) is 13.3. The third-order valence-corrected chi connectivity index (χ3v) is 7.39. The van der Waals surface area contributed by atoms with Crippen LogP contribution in [0.1, 0.15) is 46.4 Å². The highest BCUT2D eigenvalue weighted by Gasteiger charge is 2.38. The quantitative estimate of drug-likeness (QED) is 0.279. The number of carbonyl (C=O) groups excluding carboxylic acids is 1. The first kappa shape index (κ1) is 25.9. The Bertz CT molecular complexity index is 1590. The number of benzene rings is 3. The molecule has 2 aromatic heterocycles. The normalized spacial score (nSPS) is 20.9. The number of pyridine rings is 1. The SMILES string of the molecule is C[C@H]1[C@@H](Cn2cnc3ccccc32)O[C@@H](c2ccc(NC(=O)c3cccnc3)cc2)O[C@H]1c1ccc(CO)cc1. The fraction of sp³-hybridized carbons (Fsp3) is 0.219. The molecule has 0 bridgehead atoms. The van der Waals surface area contributed by atoms with Crippen LogP contribution < -0.4 is 5.32 Å². The first-order valence-electron chi connectivity index (χ1n) is 13.3. The number of rotatable bonds is 7. The van der Waals surface area contributed by atoms with E-state index in [0.29, 0.717) is 17.8 Å². The molecule has 1 fully saturated rings. The van der Waals surface area contributed by atoms with Crippen LogP contribution in [0.3, 0.4) is 0 Å². The third-order valence-electron chi connectivity index (χ3n) is 7.39. The second-order valence-corrected chi connectivity index (χ2v) is 10.0. The van der Waals surface area contributed by atoms with Gasteiger partial charge in [0.25, 0.3) is 5.91 Å². The predicted octanol–water partition coefficient (Wildman–Crippen LogP) is 5.67. The van der Waals surface area contributed by atoms with Gasteiger partial charge in [0.15, 0.2) is 6.29 Å². The molecule has 8 nitrogen and oxygen atoms in total. The molecule has 1 amide bonds. The molecule has 8 heteroatoms. The number of nitrogens with zero attached hydrogens (tertiary/aromatic N) is 3. The fourth-order valence-corrected chi connectivity index (χ4v) is 5.10. The molecule has 3 heterocycles. The van der Waals surface area contributed by atoms with E-state index in [-0.39, 0.29) is 30.6 Å². The topological polar surface area (TPSA) is 98.5 Å². The lowest BCUT2D eigenvalue weighted by atomic mass is 9.90. The zero-order valence-corrected chi connectivity index (χ0v) is 22.1. The molecule has 0 unspecified atom stereocenters. The van der Waals surface area contributed by atoms with Crippen LogP contribution in [0.4, 0.5) is 5.69 Å². The molecule has 1 saturated heterocycles. The number of anilines is 1. The Kier molecular flexibility index (Phi) is 7.37. The molecule has 40 heavy (non-hydrogen) atoms. The van der Waals surface area contributed by atoms with Crippen molar-refractivity contribution in [2.45, 2.75) is 38.6 Å². The molecular formula is C32H30N4O4. The third kappa shape index (κ3) is 5.37. The van der Waals surface area contributed by atoms with Crippen LogP contribution in [0.2, 0.25) is 0 Å². The van der Waals surface area contributed by atoms with Gasteiger partial charge in [0.05, 0.1) is 48.3 Å². The Morgan fingerprint density at radius 2 is 1.73 bits per heavy atom. The predicted molar refractivity (Wildman–Crippen MR) is 151 cm³/mol. The van der Waals surface area contributed by atoms with Crippen molar-refractivity contribution in [3.8, 4) is 0 Å². The summed E-state index contributed by atoms with van der Waals surface area (Å²) in [6.07, 6.45) is 4.02. The molecule has 202 valence electrons. The van der Waals surface area contributed by atoms with Gasteiger partial charge in [-0.05, 0) is 47.5 Å². The van der Waals surface area contributed by atoms with E-state index in [1.54, 1.807) is 18.3 Å². The highest BCUT2D eigenvalue weighted by Crippen LogP contribution is 2.42. The van der Waals surface area contributed by atoms with Gasteiger partial charge >= 0.3 is 0 Å². The number of hydrogen-bond acceptors (Lipinski definition) is 6. The lowest BCUT2D eigenvalue weighted by Gasteiger charge is -2.41. The van der Waals surface area contributed by atoms with Gasteiger partial charge in [-0.25, -0.2) is 4.98 Å². The molecule has 4 atom stereocenters. The monoisotopic (exact) mass is 534 g/mol. The Balaban J connectivity index is 1.26. The molecule has 1 aliphatic rings. The van der Waals surface area contributed by atoms with Crippen molar-refractivity contribution in [3.05, 3.63) is 126 Å². The van der Waals surface area contributed by atoms with Gasteiger partial charge in [-0.15, -0.1) is 0 Å². The Labute approximate surface area is 232 Å². The van der Waals surface area contributed by atoms with Gasteiger partial charge in [-0.1, -0.05) is 55.5 Å². The number of ether oxygens (including phenoxy) is 2. The van der Waals surface area contributed by atoms with E-state index >= 15 is 0 Å². The minimum absolute atomic E-state index is 0.00685. The maximum absolute atomic E-state index is 12.5. The number of para-hydroxylation sites is 2. The lowest BCUT2D eigenvalue weighted by molar-refractivity contribution is -0.276.